The van der Waals surface area contributed by atoms with Crippen molar-refractivity contribution < 1.29 is 23.1 Å². The average Bonchev–Trinajstić information content (AvgIpc) is 1.31. The summed E-state index contributed by atoms with van der Waals surface area (Å²) in [5.74, 6) is -3.01. The molecule has 0 aromatic carbocycles. The Morgan fingerprint density at radius 2 is 1.50 bits per heavy atom. The summed E-state index contributed by atoms with van der Waals surface area (Å²) in [4.78, 5) is 8.78. The van der Waals surface area contributed by atoms with Crippen molar-refractivity contribution in [2.24, 2.45) is 0 Å². The van der Waals surface area contributed by atoms with Crippen molar-refractivity contribution >= 4 is 29.0 Å². The van der Waals surface area contributed by atoms with E-state index in [2.05, 4.69) is 0 Å². The van der Waals surface area contributed by atoms with Crippen LogP contribution >= 0.6 is 0 Å². The fourth-order valence-electron chi connectivity index (χ4n) is 0. The van der Waals surface area contributed by atoms with Gasteiger partial charge >= 0.3 is 29.2 Å². The van der Waals surface area contributed by atoms with Crippen molar-refractivity contribution in [3.8, 4) is 0 Å². The molecular weight excluding hydrogens is 137 g/mol. The van der Waals surface area contributed by atoms with Crippen LogP contribution in [0.25, 0.3) is 0 Å². The molecule has 6 heteroatoms. The van der Waals surface area contributed by atoms with Gasteiger partial charge in [0.1, 0.15) is 5.97 Å². The summed E-state index contributed by atoms with van der Waals surface area (Å²) in [6, 6.07) is 0. The molecule has 0 radical (unpaired) electrons. The third kappa shape index (κ3) is 4.19. The largest absolute Gasteiger partial charge is 2.00 e. The van der Waals surface area contributed by atoms with Crippen molar-refractivity contribution in [1.29, 1.82) is 0 Å². The van der Waals surface area contributed by atoms with E-state index in [1.807, 2.05) is 0 Å². The number of carbonyl (C=O) groups excluding carboxylic acids is 1. The molecule has 8 heavy (non-hydrogen) atoms. The summed E-state index contributed by atoms with van der Waals surface area (Å²) in [6.45, 7) is 0. The Morgan fingerprint density at radius 3 is 1.50 bits per heavy atom. The van der Waals surface area contributed by atoms with E-state index in [1.54, 1.807) is 0 Å². The van der Waals surface area contributed by atoms with E-state index in [0.717, 1.165) is 0 Å². The first kappa shape index (κ1) is 10.9. The molecule has 0 aliphatic heterocycles. The predicted molar refractivity (Wildman–Crippen MR) is 16.8 cm³/mol. The van der Waals surface area contributed by atoms with Gasteiger partial charge in [0.15, 0.2) is 0 Å². The first-order valence-corrected chi connectivity index (χ1v) is 1.23. The summed E-state index contributed by atoms with van der Waals surface area (Å²) in [5, 5.41) is 8.78. The molecule has 0 rings (SSSR count). The van der Waals surface area contributed by atoms with Crippen molar-refractivity contribution in [2.75, 3.05) is 0 Å². The topological polar surface area (TPSA) is 40.1 Å². The van der Waals surface area contributed by atoms with Gasteiger partial charge in [0.05, 0.1) is 0 Å². The summed E-state index contributed by atoms with van der Waals surface area (Å²) in [5.41, 5.74) is 0. The molecule has 0 unspecified atom stereocenters. The van der Waals surface area contributed by atoms with Gasteiger partial charge in [-0.1, -0.05) is 0 Å². The van der Waals surface area contributed by atoms with Gasteiger partial charge in [-0.3, -0.25) is 0 Å². The summed E-state index contributed by atoms with van der Waals surface area (Å²) in [7, 11) is 0. The molecule has 0 amide bonds. The second kappa shape index (κ2) is 3.13. The van der Waals surface area contributed by atoms with Crippen molar-refractivity contribution in [3.05, 3.63) is 0 Å². The van der Waals surface area contributed by atoms with Crippen molar-refractivity contribution in [1.82, 2.24) is 0 Å². The summed E-state index contributed by atoms with van der Waals surface area (Å²) < 4.78 is 31.5. The normalized spacial score (nSPS) is 9.88. The van der Waals surface area contributed by atoms with Crippen LogP contribution in [0.4, 0.5) is 13.2 Å². The molecule has 0 atom stereocenters. The number of aliphatic carboxylic acids is 1. The smallest absolute Gasteiger partial charge is 0.542 e. The van der Waals surface area contributed by atoms with Crippen LogP contribution in [0.3, 0.4) is 0 Å². The quantitative estimate of drug-likeness (QED) is 0.398. The monoisotopic (exact) mass is 137 g/mol. The van der Waals surface area contributed by atoms with Gasteiger partial charge in [0.25, 0.3) is 0 Å². The first-order chi connectivity index (χ1) is 2.94. The van der Waals surface area contributed by atoms with E-state index in [-0.39, 0.29) is 23.1 Å². The maximum Gasteiger partial charge on any atom is 2.00 e. The van der Waals surface area contributed by atoms with Crippen LogP contribution < -0.4 is 5.11 Å². The zero-order chi connectivity index (χ0) is 6.08. The molecule has 0 fully saturated rings. The van der Waals surface area contributed by atoms with Crippen LogP contribution in [0.5, 0.6) is 0 Å². The van der Waals surface area contributed by atoms with Gasteiger partial charge in [-0.25, -0.2) is 0 Å². The molecule has 0 heterocycles. The molecule has 0 saturated heterocycles. The van der Waals surface area contributed by atoms with Crippen molar-refractivity contribution in [2.45, 2.75) is 6.18 Å². The van der Waals surface area contributed by atoms with E-state index in [1.165, 1.54) is 0 Å². The maximum absolute atomic E-state index is 10.5. The van der Waals surface area contributed by atoms with E-state index in [9.17, 15) is 13.2 Å². The minimum atomic E-state index is -5.19. The summed E-state index contributed by atoms with van der Waals surface area (Å²) in [6.07, 6.45) is -5.19. The molecular formula is C2F3MgO2+. The fraction of sp³-hybridized carbons (Fsp3) is 0.500. The Bertz CT molecular complexity index is 87.8. The third-order valence-corrected chi connectivity index (χ3v) is 0.231. The number of hydrogen-bond donors (Lipinski definition) is 0. The molecule has 0 aromatic heterocycles. The first-order valence-electron chi connectivity index (χ1n) is 1.23. The van der Waals surface area contributed by atoms with Gasteiger partial charge in [0, 0.05) is 0 Å². The fourth-order valence-corrected chi connectivity index (χ4v) is 0. The zero-order valence-corrected chi connectivity index (χ0v) is 5.07. The second-order valence-electron chi connectivity index (χ2n) is 0.785. The summed E-state index contributed by atoms with van der Waals surface area (Å²) >= 11 is 0. The molecule has 0 saturated carbocycles. The van der Waals surface area contributed by atoms with Crippen LogP contribution in [-0.4, -0.2) is 35.2 Å². The SMILES string of the molecule is O=C([O-])C(F)(F)F.[Mg+2]. The van der Waals surface area contributed by atoms with Gasteiger partial charge in [-0.15, -0.1) is 0 Å². The van der Waals surface area contributed by atoms with Crippen LogP contribution in [0.15, 0.2) is 0 Å². The molecule has 0 spiro atoms. The van der Waals surface area contributed by atoms with E-state index in [4.69, 9.17) is 9.90 Å². The minimum absolute atomic E-state index is 0. The van der Waals surface area contributed by atoms with Gasteiger partial charge < -0.3 is 9.90 Å². The van der Waals surface area contributed by atoms with Gasteiger partial charge in [-0.05, 0) is 0 Å². The number of carboxylic acids is 1. The van der Waals surface area contributed by atoms with E-state index in [0.29, 0.717) is 0 Å². The number of carboxylic acid groups (broad SMARTS) is 1. The van der Waals surface area contributed by atoms with Crippen molar-refractivity contribution in [3.63, 3.8) is 0 Å². The van der Waals surface area contributed by atoms with Crippen LogP contribution in [0, 0.1) is 0 Å². The number of carbonyl (C=O) groups is 1. The zero-order valence-electron chi connectivity index (χ0n) is 3.66. The molecule has 2 nitrogen and oxygen atoms in total. The average molecular weight is 137 g/mol. The number of hydrogen-bond acceptors (Lipinski definition) is 2. The number of rotatable bonds is 0. The minimum Gasteiger partial charge on any atom is -0.542 e. The third-order valence-electron chi connectivity index (χ3n) is 0.231. The Labute approximate surface area is 58.8 Å². The Hall–Kier alpha value is 0.0262. The molecule has 0 bridgehead atoms. The second-order valence-corrected chi connectivity index (χ2v) is 0.785. The van der Waals surface area contributed by atoms with E-state index >= 15 is 0 Å². The molecule has 0 aliphatic carbocycles. The Kier molecular flexibility index (Phi) is 4.27. The molecule has 42 valence electrons. The number of halogens is 3. The van der Waals surface area contributed by atoms with Crippen LogP contribution in [0.1, 0.15) is 0 Å². The molecule has 0 aliphatic rings. The Morgan fingerprint density at radius 1 is 1.38 bits per heavy atom. The predicted octanol–water partition coefficient (Wildman–Crippen LogP) is -1.08. The van der Waals surface area contributed by atoms with Gasteiger partial charge in [0.2, 0.25) is 0 Å². The maximum atomic E-state index is 10.5. The molecule has 0 aromatic rings. The van der Waals surface area contributed by atoms with Crippen LogP contribution in [0.2, 0.25) is 0 Å². The standard InChI is InChI=1S/C2HF3O2.Mg/c3-2(4,5)1(6)7;/h(H,6,7);/q;+2/p-1. The van der Waals surface area contributed by atoms with Gasteiger partial charge in [-0.2, -0.15) is 13.2 Å². The van der Waals surface area contributed by atoms with Crippen LogP contribution in [-0.2, 0) is 4.79 Å². The Balaban J connectivity index is 0. The number of alkyl halides is 3. The molecule has 0 N–H and O–H groups in total. The van der Waals surface area contributed by atoms with E-state index < -0.39 is 12.1 Å².